The zero-order valence-electron chi connectivity index (χ0n) is 18.7. The molecule has 1 aliphatic rings. The van der Waals surface area contributed by atoms with Gasteiger partial charge in [-0.1, -0.05) is 44.2 Å². The molecule has 1 N–H and O–H groups in total. The minimum atomic E-state index is -0.392. The van der Waals surface area contributed by atoms with Gasteiger partial charge in [-0.2, -0.15) is 0 Å². The van der Waals surface area contributed by atoms with Crippen LogP contribution in [-0.2, 0) is 11.2 Å². The molecule has 0 bridgehead atoms. The van der Waals surface area contributed by atoms with Crippen LogP contribution in [0.5, 0.6) is 0 Å². The highest BCUT2D eigenvalue weighted by Gasteiger charge is 2.27. The lowest BCUT2D eigenvalue weighted by Crippen LogP contribution is -2.48. The number of amides is 1. The van der Waals surface area contributed by atoms with Crippen LogP contribution < -0.4 is 0 Å². The van der Waals surface area contributed by atoms with E-state index in [1.807, 2.05) is 11.1 Å². The molecule has 7 heteroatoms. The van der Waals surface area contributed by atoms with E-state index in [1.54, 1.807) is 12.1 Å². The number of carbonyl (C=O) groups is 1. The maximum Gasteiger partial charge on any atom is 0.269 e. The van der Waals surface area contributed by atoms with Gasteiger partial charge in [0.05, 0.1) is 4.92 Å². The van der Waals surface area contributed by atoms with Crippen molar-refractivity contribution in [3.8, 4) is 0 Å². The van der Waals surface area contributed by atoms with Gasteiger partial charge in [-0.3, -0.25) is 14.9 Å². The molecule has 0 radical (unpaired) electrons. The van der Waals surface area contributed by atoms with Gasteiger partial charge < -0.3 is 14.8 Å². The Bertz CT molecular complexity index is 1100. The van der Waals surface area contributed by atoms with Crippen molar-refractivity contribution in [1.29, 1.82) is 0 Å². The molecule has 2 heterocycles. The quantitative estimate of drug-likeness (QED) is 0.443. The van der Waals surface area contributed by atoms with Gasteiger partial charge in [-0.15, -0.1) is 0 Å². The Balaban J connectivity index is 1.68. The molecule has 168 valence electrons. The smallest absolute Gasteiger partial charge is 0.269 e. The van der Waals surface area contributed by atoms with E-state index in [2.05, 4.69) is 41.9 Å². The van der Waals surface area contributed by atoms with Crippen molar-refractivity contribution in [2.75, 3.05) is 32.7 Å². The zero-order valence-corrected chi connectivity index (χ0v) is 18.7. The monoisotopic (exact) mass is 434 g/mol. The number of aromatic nitrogens is 1. The maximum atomic E-state index is 13.3. The molecule has 1 fully saturated rings. The van der Waals surface area contributed by atoms with Gasteiger partial charge in [-0.25, -0.2) is 0 Å². The number of H-pyrrole nitrogens is 1. The van der Waals surface area contributed by atoms with Crippen LogP contribution in [0.1, 0.15) is 42.9 Å². The van der Waals surface area contributed by atoms with Crippen LogP contribution in [0.25, 0.3) is 10.9 Å². The van der Waals surface area contributed by atoms with E-state index in [9.17, 15) is 14.9 Å². The largest absolute Gasteiger partial charge is 0.361 e. The van der Waals surface area contributed by atoms with E-state index >= 15 is 0 Å². The molecular formula is C25H30N4O3. The van der Waals surface area contributed by atoms with Crippen molar-refractivity contribution in [3.05, 3.63) is 75.5 Å². The number of carbonyl (C=O) groups excluding carboxylic acids is 1. The summed E-state index contributed by atoms with van der Waals surface area (Å²) in [4.78, 5) is 31.8. The third kappa shape index (κ3) is 4.39. The van der Waals surface area contributed by atoms with E-state index in [0.29, 0.717) is 6.42 Å². The molecule has 2 aromatic carbocycles. The topological polar surface area (TPSA) is 82.5 Å². The highest BCUT2D eigenvalue weighted by Crippen LogP contribution is 2.35. The van der Waals surface area contributed by atoms with E-state index in [4.69, 9.17) is 0 Å². The van der Waals surface area contributed by atoms with Crippen molar-refractivity contribution in [3.63, 3.8) is 0 Å². The number of aromatic amines is 1. The Morgan fingerprint density at radius 3 is 2.44 bits per heavy atom. The van der Waals surface area contributed by atoms with Crippen LogP contribution in [0.3, 0.4) is 0 Å². The third-order valence-corrected chi connectivity index (χ3v) is 6.65. The summed E-state index contributed by atoms with van der Waals surface area (Å²) in [6, 6.07) is 12.9. The van der Waals surface area contributed by atoms with Gasteiger partial charge in [0.2, 0.25) is 5.91 Å². The summed E-state index contributed by atoms with van der Waals surface area (Å²) in [6.07, 6.45) is 3.26. The summed E-state index contributed by atoms with van der Waals surface area (Å²) in [7, 11) is 0. The molecule has 1 aromatic heterocycles. The van der Waals surface area contributed by atoms with Crippen molar-refractivity contribution in [2.24, 2.45) is 0 Å². The molecule has 7 nitrogen and oxygen atoms in total. The van der Waals surface area contributed by atoms with Gasteiger partial charge in [0, 0.05) is 67.8 Å². The van der Waals surface area contributed by atoms with Crippen LogP contribution in [0, 0.1) is 10.1 Å². The number of aryl methyl sites for hydroxylation is 1. The minimum Gasteiger partial charge on any atom is -0.361 e. The number of nitrogens with one attached hydrogen (secondary N) is 1. The lowest BCUT2D eigenvalue weighted by molar-refractivity contribution is -0.384. The number of non-ortho nitro benzene ring substituents is 1. The van der Waals surface area contributed by atoms with Gasteiger partial charge in [-0.05, 0) is 29.7 Å². The van der Waals surface area contributed by atoms with E-state index in [1.165, 1.54) is 17.7 Å². The SMILES string of the molecule is CCc1cccc2c(C(CC(=O)N3CCN(CC)CC3)c3ccc([N+](=O)[O-])cc3)c[nH]c12. The number of rotatable bonds is 7. The lowest BCUT2D eigenvalue weighted by Gasteiger charge is -2.34. The number of nitro benzene ring substituents is 1. The maximum absolute atomic E-state index is 13.3. The first kappa shape index (κ1) is 22.0. The molecule has 1 amide bonds. The van der Waals surface area contributed by atoms with Crippen LogP contribution in [0.2, 0.25) is 0 Å². The Kier molecular flexibility index (Phi) is 6.55. The number of likely N-dealkylation sites (N-methyl/N-ethyl adjacent to an activating group) is 1. The van der Waals surface area contributed by atoms with Gasteiger partial charge >= 0.3 is 0 Å². The number of fused-ring (bicyclic) bond motifs is 1. The van der Waals surface area contributed by atoms with Crippen molar-refractivity contribution < 1.29 is 9.72 Å². The molecule has 0 aliphatic carbocycles. The van der Waals surface area contributed by atoms with Crippen LogP contribution in [0.15, 0.2) is 48.7 Å². The summed E-state index contributed by atoms with van der Waals surface area (Å²) in [5.74, 6) is -0.0431. The third-order valence-electron chi connectivity index (χ3n) is 6.65. The summed E-state index contributed by atoms with van der Waals surface area (Å²) >= 11 is 0. The van der Waals surface area contributed by atoms with E-state index < -0.39 is 4.92 Å². The standard InChI is InChI=1S/C25H30N4O3/c1-3-18-6-5-7-21-23(17-26-25(18)21)22(19-8-10-20(11-9-19)29(31)32)16-24(30)28-14-12-27(4-2)13-15-28/h5-11,17,22,26H,3-4,12-16H2,1-2H3. The number of piperazine rings is 1. The van der Waals surface area contributed by atoms with Crippen LogP contribution in [0.4, 0.5) is 5.69 Å². The van der Waals surface area contributed by atoms with Gasteiger partial charge in [0.1, 0.15) is 0 Å². The minimum absolute atomic E-state index is 0.0571. The van der Waals surface area contributed by atoms with Crippen molar-refractivity contribution in [1.82, 2.24) is 14.8 Å². The second-order valence-corrected chi connectivity index (χ2v) is 8.36. The predicted molar refractivity (Wildman–Crippen MR) is 126 cm³/mol. The summed E-state index contributed by atoms with van der Waals surface area (Å²) in [6.45, 7) is 8.56. The Labute approximate surface area is 188 Å². The normalized spacial score (nSPS) is 15.8. The number of nitro groups is 1. The number of nitrogens with zero attached hydrogens (tertiary/aromatic N) is 3. The number of benzene rings is 2. The zero-order chi connectivity index (χ0) is 22.7. The summed E-state index contributed by atoms with van der Waals surface area (Å²) in [5.41, 5.74) is 4.37. The van der Waals surface area contributed by atoms with Gasteiger partial charge in [0.25, 0.3) is 5.69 Å². The van der Waals surface area contributed by atoms with E-state index in [-0.39, 0.29) is 17.5 Å². The molecule has 1 unspecified atom stereocenters. The molecule has 0 saturated carbocycles. The molecule has 3 aromatic rings. The predicted octanol–water partition coefficient (Wildman–Crippen LogP) is 4.32. The van der Waals surface area contributed by atoms with Crippen molar-refractivity contribution in [2.45, 2.75) is 32.6 Å². The van der Waals surface area contributed by atoms with E-state index in [0.717, 1.165) is 61.2 Å². The Morgan fingerprint density at radius 2 is 1.81 bits per heavy atom. The molecule has 32 heavy (non-hydrogen) atoms. The lowest BCUT2D eigenvalue weighted by atomic mass is 9.87. The molecule has 0 spiro atoms. The average Bonchev–Trinajstić information content (AvgIpc) is 3.26. The highest BCUT2D eigenvalue weighted by molar-refractivity contribution is 5.88. The Morgan fingerprint density at radius 1 is 1.09 bits per heavy atom. The summed E-state index contributed by atoms with van der Waals surface area (Å²) in [5, 5.41) is 12.2. The fourth-order valence-electron chi connectivity index (χ4n) is 4.67. The first-order valence-corrected chi connectivity index (χ1v) is 11.3. The molecule has 1 saturated heterocycles. The highest BCUT2D eigenvalue weighted by atomic mass is 16.6. The second-order valence-electron chi connectivity index (χ2n) is 8.36. The molecule has 1 atom stereocenters. The average molecular weight is 435 g/mol. The number of para-hydroxylation sites is 1. The number of hydrogen-bond donors (Lipinski definition) is 1. The first-order valence-electron chi connectivity index (χ1n) is 11.3. The Hall–Kier alpha value is -3.19. The fourth-order valence-corrected chi connectivity index (χ4v) is 4.67. The first-order chi connectivity index (χ1) is 15.5. The molecular weight excluding hydrogens is 404 g/mol. The van der Waals surface area contributed by atoms with Crippen LogP contribution in [-0.4, -0.2) is 58.3 Å². The summed E-state index contributed by atoms with van der Waals surface area (Å²) < 4.78 is 0. The van der Waals surface area contributed by atoms with Crippen molar-refractivity contribution >= 4 is 22.5 Å². The van der Waals surface area contributed by atoms with Crippen LogP contribution >= 0.6 is 0 Å². The second kappa shape index (κ2) is 9.53. The molecule has 4 rings (SSSR count). The van der Waals surface area contributed by atoms with Gasteiger partial charge in [0.15, 0.2) is 0 Å². The fraction of sp³-hybridized carbons (Fsp3) is 0.400. The molecule has 1 aliphatic heterocycles. The number of hydrogen-bond acceptors (Lipinski definition) is 4.